The zero-order valence-electron chi connectivity index (χ0n) is 9.60. The maximum absolute atomic E-state index is 11.7. The molecule has 1 aliphatic rings. The van der Waals surface area contributed by atoms with Crippen molar-refractivity contribution in [1.82, 2.24) is 9.03 Å². The van der Waals surface area contributed by atoms with Crippen LogP contribution < -0.4 is 10.5 Å². The molecule has 6 nitrogen and oxygen atoms in total. The summed E-state index contributed by atoms with van der Waals surface area (Å²) in [6, 6.07) is 0. The van der Waals surface area contributed by atoms with E-state index in [4.69, 9.17) is 10.5 Å². The first-order chi connectivity index (χ1) is 6.81. The monoisotopic (exact) mass is 273 g/mol. The van der Waals surface area contributed by atoms with Gasteiger partial charge >= 0.3 is 0 Å². The van der Waals surface area contributed by atoms with Crippen molar-refractivity contribution in [1.29, 1.82) is 0 Å². The predicted molar refractivity (Wildman–Crippen MR) is 64.8 cm³/mol. The average molecular weight is 274 g/mol. The SMILES string of the molecule is CC(C)(N)CNS(=O)(=O)N1CCOCC1.Cl. The van der Waals surface area contributed by atoms with Crippen LogP contribution in [0.25, 0.3) is 0 Å². The van der Waals surface area contributed by atoms with Crippen LogP contribution in [0.4, 0.5) is 0 Å². The Kier molecular flexibility index (Phi) is 6.16. The van der Waals surface area contributed by atoms with Gasteiger partial charge in [-0.05, 0) is 13.8 Å². The molecule has 1 saturated heterocycles. The van der Waals surface area contributed by atoms with Crippen LogP contribution in [0, 0.1) is 0 Å². The Morgan fingerprint density at radius 1 is 1.38 bits per heavy atom. The molecule has 0 aromatic carbocycles. The van der Waals surface area contributed by atoms with Crippen molar-refractivity contribution in [2.45, 2.75) is 19.4 Å². The number of rotatable bonds is 4. The van der Waals surface area contributed by atoms with Crippen molar-refractivity contribution in [2.24, 2.45) is 5.73 Å². The molecule has 3 N–H and O–H groups in total. The number of nitrogens with one attached hydrogen (secondary N) is 1. The molecule has 1 heterocycles. The molecule has 0 unspecified atom stereocenters. The second-order valence-electron chi connectivity index (χ2n) is 4.33. The highest BCUT2D eigenvalue weighted by atomic mass is 35.5. The van der Waals surface area contributed by atoms with Gasteiger partial charge in [0.25, 0.3) is 10.2 Å². The molecular formula is C8H20ClN3O3S. The lowest BCUT2D eigenvalue weighted by molar-refractivity contribution is 0.0724. The topological polar surface area (TPSA) is 84.7 Å². The molecular weight excluding hydrogens is 254 g/mol. The maximum Gasteiger partial charge on any atom is 0.279 e. The minimum absolute atomic E-state index is 0. The van der Waals surface area contributed by atoms with Crippen molar-refractivity contribution >= 4 is 22.6 Å². The van der Waals surface area contributed by atoms with E-state index in [0.29, 0.717) is 26.3 Å². The Labute approximate surface area is 103 Å². The smallest absolute Gasteiger partial charge is 0.279 e. The second kappa shape index (κ2) is 6.13. The normalized spacial score (nSPS) is 19.2. The molecule has 0 spiro atoms. The molecule has 0 atom stereocenters. The van der Waals surface area contributed by atoms with E-state index < -0.39 is 15.7 Å². The molecule has 1 rings (SSSR count). The van der Waals surface area contributed by atoms with Gasteiger partial charge in [0, 0.05) is 25.2 Å². The Hall–Kier alpha value is 0.0800. The summed E-state index contributed by atoms with van der Waals surface area (Å²) in [5.74, 6) is 0. The summed E-state index contributed by atoms with van der Waals surface area (Å²) in [5.41, 5.74) is 5.16. The molecule has 16 heavy (non-hydrogen) atoms. The lowest BCUT2D eigenvalue weighted by atomic mass is 10.1. The maximum atomic E-state index is 11.7. The van der Waals surface area contributed by atoms with Crippen LogP contribution >= 0.6 is 12.4 Å². The number of ether oxygens (including phenoxy) is 1. The number of halogens is 1. The third-order valence-electron chi connectivity index (χ3n) is 2.02. The van der Waals surface area contributed by atoms with Gasteiger partial charge in [-0.3, -0.25) is 0 Å². The molecule has 0 aromatic rings. The van der Waals surface area contributed by atoms with Crippen molar-refractivity contribution in [2.75, 3.05) is 32.8 Å². The molecule has 0 bridgehead atoms. The van der Waals surface area contributed by atoms with Crippen LogP contribution in [0.1, 0.15) is 13.8 Å². The van der Waals surface area contributed by atoms with Gasteiger partial charge in [0.2, 0.25) is 0 Å². The second-order valence-corrected chi connectivity index (χ2v) is 6.08. The lowest BCUT2D eigenvalue weighted by Gasteiger charge is -2.28. The fourth-order valence-corrected chi connectivity index (χ4v) is 2.52. The Morgan fingerprint density at radius 2 is 1.88 bits per heavy atom. The van der Waals surface area contributed by atoms with Gasteiger partial charge < -0.3 is 10.5 Å². The van der Waals surface area contributed by atoms with Crippen LogP contribution in [0.2, 0.25) is 0 Å². The number of nitrogens with zero attached hydrogens (tertiary/aromatic N) is 1. The van der Waals surface area contributed by atoms with E-state index in [9.17, 15) is 8.42 Å². The number of nitrogens with two attached hydrogens (primary N) is 1. The predicted octanol–water partition coefficient (Wildman–Crippen LogP) is -0.688. The van der Waals surface area contributed by atoms with E-state index in [1.54, 1.807) is 13.8 Å². The van der Waals surface area contributed by atoms with Gasteiger partial charge in [0.1, 0.15) is 0 Å². The lowest BCUT2D eigenvalue weighted by Crippen LogP contribution is -2.51. The van der Waals surface area contributed by atoms with E-state index >= 15 is 0 Å². The minimum Gasteiger partial charge on any atom is -0.379 e. The van der Waals surface area contributed by atoms with Crippen LogP contribution in [-0.2, 0) is 14.9 Å². The number of hydrogen-bond donors (Lipinski definition) is 2. The molecule has 0 aliphatic carbocycles. The molecule has 0 saturated carbocycles. The Bertz CT molecular complexity index is 296. The van der Waals surface area contributed by atoms with Crippen molar-refractivity contribution < 1.29 is 13.2 Å². The van der Waals surface area contributed by atoms with Gasteiger partial charge in [0.15, 0.2) is 0 Å². The van der Waals surface area contributed by atoms with Gasteiger partial charge in [-0.25, -0.2) is 4.72 Å². The summed E-state index contributed by atoms with van der Waals surface area (Å²) in [5, 5.41) is 0. The average Bonchev–Trinajstić information content (AvgIpc) is 2.16. The summed E-state index contributed by atoms with van der Waals surface area (Å²) in [6.07, 6.45) is 0. The summed E-state index contributed by atoms with van der Waals surface area (Å²) in [6.45, 7) is 5.48. The molecule has 0 radical (unpaired) electrons. The molecule has 1 fully saturated rings. The highest BCUT2D eigenvalue weighted by Gasteiger charge is 2.25. The van der Waals surface area contributed by atoms with Gasteiger partial charge in [-0.2, -0.15) is 12.7 Å². The fourth-order valence-electron chi connectivity index (χ4n) is 1.16. The van der Waals surface area contributed by atoms with E-state index in [-0.39, 0.29) is 19.0 Å². The molecule has 98 valence electrons. The quantitative estimate of drug-likeness (QED) is 0.710. The first-order valence-corrected chi connectivity index (χ1v) is 6.37. The van der Waals surface area contributed by atoms with Gasteiger partial charge in [-0.1, -0.05) is 0 Å². The molecule has 0 amide bonds. The molecule has 1 aliphatic heterocycles. The standard InChI is InChI=1S/C8H19N3O3S.ClH/c1-8(2,9)7-10-15(12,13)11-3-5-14-6-4-11;/h10H,3-7,9H2,1-2H3;1H. The fraction of sp³-hybridized carbons (Fsp3) is 1.00. The van der Waals surface area contributed by atoms with E-state index in [1.807, 2.05) is 0 Å². The van der Waals surface area contributed by atoms with Gasteiger partial charge in [0.05, 0.1) is 13.2 Å². The third-order valence-corrected chi connectivity index (χ3v) is 3.57. The van der Waals surface area contributed by atoms with Gasteiger partial charge in [-0.15, -0.1) is 12.4 Å². The zero-order valence-corrected chi connectivity index (χ0v) is 11.2. The third kappa shape index (κ3) is 5.42. The van der Waals surface area contributed by atoms with Crippen molar-refractivity contribution in [3.8, 4) is 0 Å². The highest BCUT2D eigenvalue weighted by molar-refractivity contribution is 7.87. The highest BCUT2D eigenvalue weighted by Crippen LogP contribution is 2.04. The first-order valence-electron chi connectivity index (χ1n) is 4.93. The van der Waals surface area contributed by atoms with E-state index in [0.717, 1.165) is 0 Å². The summed E-state index contributed by atoms with van der Waals surface area (Å²) in [7, 11) is -3.39. The van der Waals surface area contributed by atoms with Crippen molar-refractivity contribution in [3.63, 3.8) is 0 Å². The largest absolute Gasteiger partial charge is 0.379 e. The Morgan fingerprint density at radius 3 is 2.31 bits per heavy atom. The van der Waals surface area contributed by atoms with E-state index in [1.165, 1.54) is 4.31 Å². The number of morpholine rings is 1. The summed E-state index contributed by atoms with van der Waals surface area (Å²) < 4.78 is 32.4. The van der Waals surface area contributed by atoms with Crippen molar-refractivity contribution in [3.05, 3.63) is 0 Å². The number of hydrogen-bond acceptors (Lipinski definition) is 4. The summed E-state index contributed by atoms with van der Waals surface area (Å²) >= 11 is 0. The Balaban J connectivity index is 0.00000225. The van der Waals surface area contributed by atoms with E-state index in [2.05, 4.69) is 4.72 Å². The minimum atomic E-state index is -3.39. The molecule has 0 aromatic heterocycles. The summed E-state index contributed by atoms with van der Waals surface area (Å²) in [4.78, 5) is 0. The van der Waals surface area contributed by atoms with Crippen LogP contribution in [0.3, 0.4) is 0 Å². The zero-order chi connectivity index (χ0) is 11.5. The van der Waals surface area contributed by atoms with Crippen LogP contribution in [0.5, 0.6) is 0 Å². The van der Waals surface area contributed by atoms with Crippen LogP contribution in [0.15, 0.2) is 0 Å². The first kappa shape index (κ1) is 16.1. The van der Waals surface area contributed by atoms with Crippen LogP contribution in [-0.4, -0.2) is 51.1 Å². The molecule has 8 heteroatoms.